The molecule has 3 heteroatoms. The lowest BCUT2D eigenvalue weighted by Gasteiger charge is -2.07. The van der Waals surface area contributed by atoms with Gasteiger partial charge in [0, 0.05) is 6.04 Å². The third kappa shape index (κ3) is 2.05. The van der Waals surface area contributed by atoms with Crippen LogP contribution >= 0.6 is 0 Å². The Kier molecular flexibility index (Phi) is 2.65. The molecule has 0 saturated heterocycles. The summed E-state index contributed by atoms with van der Waals surface area (Å²) in [6.07, 6.45) is 4.36. The first-order chi connectivity index (χ1) is 5.24. The molecule has 1 aliphatic carbocycles. The Balaban J connectivity index is 2.38. The largest absolute Gasteiger partial charge is 0.466 e. The third-order valence-electron chi connectivity index (χ3n) is 1.71. The van der Waals surface area contributed by atoms with Crippen LogP contribution in [0.4, 0.5) is 0 Å². The van der Waals surface area contributed by atoms with Gasteiger partial charge in [-0.3, -0.25) is 4.79 Å². The molecule has 1 aliphatic rings. The fraction of sp³-hybridized carbons (Fsp3) is 0.625. The maximum atomic E-state index is 11.1. The molecule has 0 aromatic heterocycles. The second-order valence-corrected chi connectivity index (χ2v) is 2.64. The van der Waals surface area contributed by atoms with Gasteiger partial charge >= 0.3 is 5.97 Å². The minimum atomic E-state index is -0.156. The molecule has 0 unspecified atom stereocenters. The molecule has 0 aromatic carbocycles. The molecule has 0 amide bonds. The van der Waals surface area contributed by atoms with Gasteiger partial charge in [-0.15, -0.1) is 0 Å². The summed E-state index contributed by atoms with van der Waals surface area (Å²) in [7, 11) is 0. The molecule has 2 atom stereocenters. The first-order valence-electron chi connectivity index (χ1n) is 3.84. The van der Waals surface area contributed by atoms with Gasteiger partial charge in [-0.05, 0) is 13.3 Å². The van der Waals surface area contributed by atoms with Crippen molar-refractivity contribution < 1.29 is 9.53 Å². The van der Waals surface area contributed by atoms with Crippen LogP contribution in [0.2, 0.25) is 0 Å². The molecule has 0 radical (unpaired) electrons. The van der Waals surface area contributed by atoms with Crippen LogP contribution in [0, 0.1) is 5.92 Å². The van der Waals surface area contributed by atoms with E-state index in [9.17, 15) is 4.79 Å². The van der Waals surface area contributed by atoms with Crippen LogP contribution < -0.4 is 5.73 Å². The van der Waals surface area contributed by atoms with Crippen LogP contribution in [0.1, 0.15) is 13.3 Å². The maximum Gasteiger partial charge on any atom is 0.312 e. The molecule has 0 bridgehead atoms. The van der Waals surface area contributed by atoms with Crippen LogP contribution in [0.15, 0.2) is 12.2 Å². The van der Waals surface area contributed by atoms with Crippen LogP contribution in [-0.2, 0) is 9.53 Å². The Morgan fingerprint density at radius 3 is 2.91 bits per heavy atom. The highest BCUT2D eigenvalue weighted by molar-refractivity contribution is 5.75. The fourth-order valence-corrected chi connectivity index (χ4v) is 1.15. The van der Waals surface area contributed by atoms with E-state index in [2.05, 4.69) is 0 Å². The minimum absolute atomic E-state index is 0.0319. The second-order valence-electron chi connectivity index (χ2n) is 2.64. The molecule has 62 valence electrons. The zero-order valence-electron chi connectivity index (χ0n) is 6.62. The molecular weight excluding hydrogens is 142 g/mol. The van der Waals surface area contributed by atoms with Gasteiger partial charge in [0.1, 0.15) is 0 Å². The predicted molar refractivity (Wildman–Crippen MR) is 41.9 cm³/mol. The van der Waals surface area contributed by atoms with E-state index < -0.39 is 0 Å². The monoisotopic (exact) mass is 155 g/mol. The number of rotatable bonds is 2. The Morgan fingerprint density at radius 2 is 2.45 bits per heavy atom. The van der Waals surface area contributed by atoms with E-state index in [0.29, 0.717) is 13.0 Å². The first-order valence-corrected chi connectivity index (χ1v) is 3.84. The molecule has 1 rings (SSSR count). The van der Waals surface area contributed by atoms with Crippen molar-refractivity contribution in [2.45, 2.75) is 19.4 Å². The maximum absolute atomic E-state index is 11.1. The molecule has 0 heterocycles. The van der Waals surface area contributed by atoms with Gasteiger partial charge in [-0.1, -0.05) is 12.2 Å². The standard InChI is InChI=1S/C8H13NO2/c1-2-11-8(10)6-3-4-7(9)5-6/h3-4,6-7H,2,5,9H2,1H3/t6-,7-/m1/s1. The fourth-order valence-electron chi connectivity index (χ4n) is 1.15. The lowest BCUT2D eigenvalue weighted by molar-refractivity contribution is -0.146. The summed E-state index contributed by atoms with van der Waals surface area (Å²) in [5.41, 5.74) is 5.56. The topological polar surface area (TPSA) is 52.3 Å². The second kappa shape index (κ2) is 3.53. The van der Waals surface area contributed by atoms with E-state index in [0.717, 1.165) is 0 Å². The number of esters is 1. The summed E-state index contributed by atoms with van der Waals surface area (Å²) >= 11 is 0. The first kappa shape index (κ1) is 8.27. The Labute approximate surface area is 66.2 Å². The van der Waals surface area contributed by atoms with E-state index in [4.69, 9.17) is 10.5 Å². The van der Waals surface area contributed by atoms with E-state index in [1.807, 2.05) is 12.2 Å². The van der Waals surface area contributed by atoms with Crippen LogP contribution in [0.5, 0.6) is 0 Å². The summed E-state index contributed by atoms with van der Waals surface area (Å²) in [5, 5.41) is 0. The lowest BCUT2D eigenvalue weighted by Crippen LogP contribution is -2.20. The van der Waals surface area contributed by atoms with Gasteiger partial charge in [-0.2, -0.15) is 0 Å². The van der Waals surface area contributed by atoms with E-state index in [1.165, 1.54) is 0 Å². The Bertz CT molecular complexity index is 177. The normalized spacial score (nSPS) is 28.9. The summed E-state index contributed by atoms with van der Waals surface area (Å²) in [6.45, 7) is 2.24. The van der Waals surface area contributed by atoms with Gasteiger partial charge in [0.05, 0.1) is 12.5 Å². The summed E-state index contributed by atoms with van der Waals surface area (Å²) in [6, 6.07) is 0.0319. The number of nitrogens with two attached hydrogens (primary N) is 1. The van der Waals surface area contributed by atoms with Gasteiger partial charge in [-0.25, -0.2) is 0 Å². The molecule has 0 aliphatic heterocycles. The van der Waals surface area contributed by atoms with Crippen molar-refractivity contribution in [1.29, 1.82) is 0 Å². The van der Waals surface area contributed by atoms with Crippen LogP contribution in [0.25, 0.3) is 0 Å². The molecule has 11 heavy (non-hydrogen) atoms. The molecular formula is C8H13NO2. The number of hydrogen-bond acceptors (Lipinski definition) is 3. The summed E-state index contributed by atoms with van der Waals surface area (Å²) < 4.78 is 4.83. The van der Waals surface area contributed by atoms with E-state index in [-0.39, 0.29) is 17.9 Å². The van der Waals surface area contributed by atoms with Gasteiger partial charge in [0.25, 0.3) is 0 Å². The number of carbonyl (C=O) groups is 1. The minimum Gasteiger partial charge on any atom is -0.466 e. The zero-order chi connectivity index (χ0) is 8.27. The van der Waals surface area contributed by atoms with Crippen molar-refractivity contribution in [1.82, 2.24) is 0 Å². The van der Waals surface area contributed by atoms with Crippen molar-refractivity contribution in [2.24, 2.45) is 11.7 Å². The highest BCUT2D eigenvalue weighted by Crippen LogP contribution is 2.17. The molecule has 0 spiro atoms. The van der Waals surface area contributed by atoms with Gasteiger partial charge < -0.3 is 10.5 Å². The lowest BCUT2D eigenvalue weighted by atomic mass is 10.1. The van der Waals surface area contributed by atoms with Crippen molar-refractivity contribution in [3.63, 3.8) is 0 Å². The SMILES string of the molecule is CCOC(=O)[C@@H]1C=C[C@@H](N)C1. The van der Waals surface area contributed by atoms with Crippen molar-refractivity contribution in [2.75, 3.05) is 6.61 Å². The zero-order valence-corrected chi connectivity index (χ0v) is 6.62. The summed E-state index contributed by atoms with van der Waals surface area (Å²) in [5.74, 6) is -0.262. The number of carbonyl (C=O) groups excluding carboxylic acids is 1. The van der Waals surface area contributed by atoms with Gasteiger partial charge in [0.2, 0.25) is 0 Å². The average Bonchev–Trinajstić information content (AvgIpc) is 2.36. The van der Waals surface area contributed by atoms with Crippen molar-refractivity contribution >= 4 is 5.97 Å². The van der Waals surface area contributed by atoms with Crippen molar-refractivity contribution in [3.05, 3.63) is 12.2 Å². The van der Waals surface area contributed by atoms with Crippen molar-refractivity contribution in [3.8, 4) is 0 Å². The Morgan fingerprint density at radius 1 is 1.73 bits per heavy atom. The predicted octanol–water partition coefficient (Wildman–Crippen LogP) is 0.453. The number of ether oxygens (including phenoxy) is 1. The quantitative estimate of drug-likeness (QED) is 0.465. The third-order valence-corrected chi connectivity index (χ3v) is 1.71. The Hall–Kier alpha value is -0.830. The molecule has 2 N–H and O–H groups in total. The van der Waals surface area contributed by atoms with Crippen LogP contribution in [-0.4, -0.2) is 18.6 Å². The molecule has 3 nitrogen and oxygen atoms in total. The van der Waals surface area contributed by atoms with E-state index >= 15 is 0 Å². The average molecular weight is 155 g/mol. The summed E-state index contributed by atoms with van der Waals surface area (Å²) in [4.78, 5) is 11.1. The smallest absolute Gasteiger partial charge is 0.312 e. The highest BCUT2D eigenvalue weighted by Gasteiger charge is 2.23. The molecule has 0 fully saturated rings. The highest BCUT2D eigenvalue weighted by atomic mass is 16.5. The number of hydrogen-bond donors (Lipinski definition) is 1. The molecule has 0 saturated carbocycles. The van der Waals surface area contributed by atoms with Gasteiger partial charge in [0.15, 0.2) is 0 Å². The molecule has 0 aromatic rings. The van der Waals surface area contributed by atoms with Crippen LogP contribution in [0.3, 0.4) is 0 Å². The van der Waals surface area contributed by atoms with E-state index in [1.54, 1.807) is 6.92 Å².